The molecule has 62 heavy (non-hydrogen) atoms. The maximum atomic E-state index is 15.2. The summed E-state index contributed by atoms with van der Waals surface area (Å²) in [6.45, 7) is 38.4. The normalized spacial score (nSPS) is 29.0. The fourth-order valence-electron chi connectivity index (χ4n) is 9.60. The zero-order valence-electron chi connectivity index (χ0n) is 42.3. The number of Topliss-reactive ketones (excluding diaryl/α,β-unsaturated/α-hetero) is 1. The highest BCUT2D eigenvalue weighted by atomic mass is 32.2. The van der Waals surface area contributed by atoms with Crippen molar-refractivity contribution in [1.82, 2.24) is 9.88 Å². The number of rotatable bonds is 17. The zero-order chi connectivity index (χ0) is 47.3. The second kappa shape index (κ2) is 21.4. The molecule has 1 aromatic heterocycles. The highest BCUT2D eigenvalue weighted by Crippen LogP contribution is 2.49. The number of carbonyl (C=O) groups excluding carboxylic acids is 2. The lowest BCUT2D eigenvalue weighted by atomic mass is 9.73. The van der Waals surface area contributed by atoms with Gasteiger partial charge in [-0.25, -0.2) is 8.42 Å². The summed E-state index contributed by atoms with van der Waals surface area (Å²) < 4.78 is 57.7. The van der Waals surface area contributed by atoms with E-state index in [0.29, 0.717) is 18.7 Å². The van der Waals surface area contributed by atoms with Crippen LogP contribution in [-0.4, -0.2) is 104 Å². The summed E-state index contributed by atoms with van der Waals surface area (Å²) in [4.78, 5) is 36.6. The van der Waals surface area contributed by atoms with E-state index < -0.39 is 64.3 Å². The van der Waals surface area contributed by atoms with E-state index in [-0.39, 0.29) is 46.1 Å². The van der Waals surface area contributed by atoms with Gasteiger partial charge in [0.05, 0.1) is 18.6 Å². The molecular formula is C47H88N2O9SSi3. The first-order chi connectivity index (χ1) is 28.6. The molecule has 8 atom stereocenters. The number of carbonyl (C=O) groups is 2. The van der Waals surface area contributed by atoms with Crippen molar-refractivity contribution in [3.63, 3.8) is 0 Å². The Bertz CT molecular complexity index is 1770. The minimum Gasteiger partial charge on any atom is -0.458 e. The van der Waals surface area contributed by atoms with Crippen molar-refractivity contribution in [3.05, 3.63) is 17.5 Å². The van der Waals surface area contributed by atoms with Crippen LogP contribution in [0, 0.1) is 17.3 Å². The molecule has 0 saturated carbocycles. The third-order valence-electron chi connectivity index (χ3n) is 15.9. The van der Waals surface area contributed by atoms with E-state index in [9.17, 15) is 13.2 Å². The number of ketones is 1. The lowest BCUT2D eigenvalue weighted by Gasteiger charge is -2.44. The molecule has 2 fully saturated rings. The molecular weight excluding hydrogens is 853 g/mol. The van der Waals surface area contributed by atoms with Crippen molar-refractivity contribution in [3.8, 4) is 0 Å². The lowest BCUT2D eigenvalue weighted by molar-refractivity contribution is -0.153. The predicted octanol–water partition coefficient (Wildman–Crippen LogP) is 11.5. The van der Waals surface area contributed by atoms with Gasteiger partial charge in [-0.05, 0) is 98.7 Å². The Balaban J connectivity index is 2.20. The topological polar surface area (TPSA) is 134 Å². The molecule has 1 unspecified atom stereocenters. The quantitative estimate of drug-likeness (QED) is 0.0839. The van der Waals surface area contributed by atoms with E-state index in [2.05, 4.69) is 106 Å². The van der Waals surface area contributed by atoms with Crippen LogP contribution in [0.15, 0.2) is 21.5 Å². The van der Waals surface area contributed by atoms with Crippen molar-refractivity contribution >= 4 is 52.6 Å². The number of ether oxygens (including phenoxy) is 1. The average molecular weight is 942 g/mol. The van der Waals surface area contributed by atoms with Gasteiger partial charge >= 0.3 is 11.2 Å². The minimum absolute atomic E-state index is 0.0686. The molecule has 2 aliphatic heterocycles. The molecule has 2 saturated heterocycles. The average Bonchev–Trinajstić information content (AvgIpc) is 3.46. The summed E-state index contributed by atoms with van der Waals surface area (Å²) in [5, 5.41) is -0.276. The maximum absolute atomic E-state index is 15.2. The second-order valence-corrected chi connectivity index (χ2v) is 37.4. The number of sulfone groups is 1. The molecule has 0 bridgehead atoms. The van der Waals surface area contributed by atoms with Gasteiger partial charge in [-0.2, -0.15) is 4.98 Å². The van der Waals surface area contributed by atoms with Crippen molar-refractivity contribution in [2.24, 2.45) is 17.3 Å². The third-order valence-corrected chi connectivity index (χ3v) is 30.6. The first-order valence-corrected chi connectivity index (χ1v) is 33.8. The van der Waals surface area contributed by atoms with Gasteiger partial charge in [0.2, 0.25) is 9.84 Å². The van der Waals surface area contributed by atoms with E-state index in [0.717, 1.165) is 73.9 Å². The molecule has 15 heteroatoms. The standard InChI is InChI=1S/C47H88N2O9SSi3/c1-19-61(20-2,21-3)57-40-32-41(50)56-38(35(8)30-37-33-54-44(48-37)59(16,52)53)31-39-47(15,49(39)28-29-55-60(17,18)45(10,11)12)27-25-26-34(7)42(36(9)43(51)46(40,13)14)58-62(22-4,23-5)24-6/h30,33-34,36,38-40,42H,19-29,31-32H2,1-18H3/b35-30+/t34-,36+,38-,39-,40-,42-,47+,49?/m0/s1. The molecule has 2 aliphatic rings. The van der Waals surface area contributed by atoms with Gasteiger partial charge in [-0.1, -0.05) is 96.4 Å². The SMILES string of the molecule is CC[Si](CC)(CC)O[C@H]1[C@@H](C)CCC[C@]2(C)[C@H](C[C@@H](/C(C)=C/c3coc(S(C)(=O)=O)n3)OC(=O)C[C@H](O[Si](CC)(CC)CC)C(C)(C)C(=O)[C@@H]1C)N2CCO[Si](C)(C)C(C)(C)C. The molecule has 1 aromatic rings. The number of fused-ring (bicyclic) bond motifs is 1. The summed E-state index contributed by atoms with van der Waals surface area (Å²) >= 11 is 0. The summed E-state index contributed by atoms with van der Waals surface area (Å²) in [6.07, 6.45) is 5.80. The largest absolute Gasteiger partial charge is 0.458 e. The van der Waals surface area contributed by atoms with Gasteiger partial charge in [0.15, 0.2) is 25.0 Å². The minimum atomic E-state index is -3.66. The van der Waals surface area contributed by atoms with Crippen LogP contribution >= 0.6 is 0 Å². The molecule has 0 spiro atoms. The van der Waals surface area contributed by atoms with Crippen LogP contribution in [0.1, 0.15) is 142 Å². The Labute approximate surface area is 380 Å². The Kier molecular flexibility index (Phi) is 19.0. The molecule has 0 aliphatic carbocycles. The van der Waals surface area contributed by atoms with Gasteiger partial charge in [-0.3, -0.25) is 14.5 Å². The van der Waals surface area contributed by atoms with Crippen LogP contribution in [0.4, 0.5) is 0 Å². The number of oxazole rings is 1. The Morgan fingerprint density at radius 1 is 0.952 bits per heavy atom. The summed E-state index contributed by atoms with van der Waals surface area (Å²) in [5.74, 6) is -0.623. The number of hydrogen-bond acceptors (Lipinski definition) is 11. The summed E-state index contributed by atoms with van der Waals surface area (Å²) in [7, 11) is -10.1. The number of hydrogen-bond donors (Lipinski definition) is 0. The summed E-state index contributed by atoms with van der Waals surface area (Å²) in [6, 6.07) is 5.71. The van der Waals surface area contributed by atoms with Crippen LogP contribution in [-0.2, 0) is 37.4 Å². The monoisotopic (exact) mass is 941 g/mol. The van der Waals surface area contributed by atoms with E-state index in [1.807, 2.05) is 20.8 Å². The van der Waals surface area contributed by atoms with Crippen LogP contribution in [0.5, 0.6) is 0 Å². The number of nitrogens with zero attached hydrogens (tertiary/aromatic N) is 2. The smallest absolute Gasteiger partial charge is 0.315 e. The number of aromatic nitrogens is 1. The van der Waals surface area contributed by atoms with E-state index in [4.69, 9.17) is 22.4 Å². The van der Waals surface area contributed by atoms with Crippen LogP contribution < -0.4 is 0 Å². The molecule has 0 aromatic carbocycles. The van der Waals surface area contributed by atoms with Gasteiger partial charge in [0.1, 0.15) is 23.8 Å². The zero-order valence-corrected chi connectivity index (χ0v) is 46.1. The second-order valence-electron chi connectivity index (χ2n) is 21.2. The summed E-state index contributed by atoms with van der Waals surface area (Å²) in [5.41, 5.74) is -0.125. The van der Waals surface area contributed by atoms with E-state index in [1.165, 1.54) is 6.26 Å². The third kappa shape index (κ3) is 12.9. The lowest BCUT2D eigenvalue weighted by Crippen LogP contribution is -2.53. The molecule has 0 radical (unpaired) electrons. The predicted molar refractivity (Wildman–Crippen MR) is 260 cm³/mol. The maximum Gasteiger partial charge on any atom is 0.315 e. The molecule has 11 nitrogen and oxygen atoms in total. The van der Waals surface area contributed by atoms with Gasteiger partial charge in [-0.15, -0.1) is 0 Å². The Morgan fingerprint density at radius 2 is 1.50 bits per heavy atom. The highest BCUT2D eigenvalue weighted by Gasteiger charge is 2.59. The first kappa shape index (κ1) is 54.9. The van der Waals surface area contributed by atoms with Crippen molar-refractivity contribution in [2.45, 2.75) is 225 Å². The Morgan fingerprint density at radius 3 is 2.00 bits per heavy atom. The van der Waals surface area contributed by atoms with Crippen LogP contribution in [0.25, 0.3) is 6.08 Å². The molecule has 0 amide bonds. The van der Waals surface area contributed by atoms with Gasteiger partial charge < -0.3 is 22.4 Å². The molecule has 358 valence electrons. The fourth-order valence-corrected chi connectivity index (χ4v) is 17.1. The van der Waals surface area contributed by atoms with Crippen molar-refractivity contribution in [2.75, 3.05) is 19.4 Å². The van der Waals surface area contributed by atoms with E-state index >= 15 is 4.79 Å². The number of cyclic esters (lactones) is 1. The molecule has 0 N–H and O–H groups in total. The number of esters is 1. The van der Waals surface area contributed by atoms with Crippen molar-refractivity contribution < 1.29 is 40.4 Å². The van der Waals surface area contributed by atoms with Crippen LogP contribution in [0.3, 0.4) is 0 Å². The first-order valence-electron chi connectivity index (χ1n) is 23.9. The van der Waals surface area contributed by atoms with Gasteiger partial charge in [0.25, 0.3) is 0 Å². The van der Waals surface area contributed by atoms with E-state index in [1.54, 1.807) is 6.08 Å². The molecule has 3 rings (SSSR count). The van der Waals surface area contributed by atoms with Crippen LogP contribution in [0.2, 0.25) is 54.4 Å². The Hall–Kier alpha value is -1.47. The fraction of sp³-hybridized carbons (Fsp3) is 0.851. The molecule has 3 heterocycles. The highest BCUT2D eigenvalue weighted by molar-refractivity contribution is 7.90. The van der Waals surface area contributed by atoms with Crippen molar-refractivity contribution in [1.29, 1.82) is 0 Å². The van der Waals surface area contributed by atoms with Gasteiger partial charge in [0, 0.05) is 48.7 Å².